The number of benzene rings is 3. The second kappa shape index (κ2) is 15.6. The number of carbonyl (C=O) groups excluding carboxylic acids is 1. The summed E-state index contributed by atoms with van der Waals surface area (Å²) in [4.78, 5) is 26.1. The number of nitrogens with one attached hydrogen (secondary N) is 2. The number of rotatable bonds is 15. The van der Waals surface area contributed by atoms with Crippen LogP contribution in [0.25, 0.3) is 11.1 Å². The van der Waals surface area contributed by atoms with Gasteiger partial charge in [0.25, 0.3) is 0 Å². The number of nitrogens with zero attached hydrogens (tertiary/aromatic N) is 1. The van der Waals surface area contributed by atoms with Gasteiger partial charge in [-0.3, -0.25) is 9.69 Å². The summed E-state index contributed by atoms with van der Waals surface area (Å²) >= 11 is 0. The molecule has 0 aromatic heterocycles. The Kier molecular flexibility index (Phi) is 11.9. The Morgan fingerprint density at radius 1 is 0.816 bits per heavy atom. The van der Waals surface area contributed by atoms with Crippen LogP contribution in [-0.4, -0.2) is 43.3 Å². The van der Waals surface area contributed by atoms with Crippen LogP contribution in [0.2, 0.25) is 0 Å². The Morgan fingerprint density at radius 2 is 1.55 bits per heavy atom. The summed E-state index contributed by atoms with van der Waals surface area (Å²) in [7, 11) is 1.78. The first-order valence-corrected chi connectivity index (χ1v) is 13.7. The van der Waals surface area contributed by atoms with E-state index < -0.39 is 12.0 Å². The molecular weight excluding hydrogens is 474 g/mol. The van der Waals surface area contributed by atoms with Crippen molar-refractivity contribution in [2.24, 2.45) is 0 Å². The lowest BCUT2D eigenvalue weighted by molar-refractivity contribution is -0.139. The van der Waals surface area contributed by atoms with Crippen LogP contribution in [0, 0.1) is 0 Å². The largest absolute Gasteiger partial charge is 0.480 e. The molecule has 3 rings (SSSR count). The zero-order chi connectivity index (χ0) is 27.2. The van der Waals surface area contributed by atoms with Crippen LogP contribution in [0.1, 0.15) is 50.2 Å². The Hall–Kier alpha value is -3.64. The fourth-order valence-corrected chi connectivity index (χ4v) is 4.41. The summed E-state index contributed by atoms with van der Waals surface area (Å²) in [5.74, 6) is -0.850. The summed E-state index contributed by atoms with van der Waals surface area (Å²) in [6, 6.07) is 25.2. The van der Waals surface area contributed by atoms with Gasteiger partial charge in [0, 0.05) is 19.3 Å². The third-order valence-corrected chi connectivity index (χ3v) is 6.77. The lowest BCUT2D eigenvalue weighted by Gasteiger charge is -2.19. The Bertz CT molecular complexity index is 1130. The van der Waals surface area contributed by atoms with E-state index in [2.05, 4.69) is 17.6 Å². The quantitative estimate of drug-likeness (QED) is 0.208. The number of urea groups is 1. The van der Waals surface area contributed by atoms with Crippen LogP contribution >= 0.6 is 0 Å². The summed E-state index contributed by atoms with van der Waals surface area (Å²) < 4.78 is 0. The first-order chi connectivity index (χ1) is 18.5. The highest BCUT2D eigenvalue weighted by molar-refractivity contribution is 5.92. The summed E-state index contributed by atoms with van der Waals surface area (Å²) in [5.41, 5.74) is 4.98. The second-order valence-electron chi connectivity index (χ2n) is 9.74. The monoisotopic (exact) mass is 515 g/mol. The number of hydrogen-bond acceptors (Lipinski definition) is 3. The minimum atomic E-state index is -0.850. The van der Waals surface area contributed by atoms with Crippen LogP contribution in [0.3, 0.4) is 0 Å². The summed E-state index contributed by atoms with van der Waals surface area (Å²) in [6.07, 6.45) is 7.00. The SMILES string of the molecule is CCCCCCCNC(=O)N(C)c1cccc(-c2ccc(CC(NCCc3ccccc3)C(=O)O)cc2)c1. The van der Waals surface area contributed by atoms with Gasteiger partial charge in [-0.25, -0.2) is 4.79 Å². The normalized spacial score (nSPS) is 11.6. The molecule has 0 aliphatic heterocycles. The molecule has 1 unspecified atom stereocenters. The van der Waals surface area contributed by atoms with Crippen LogP contribution in [0.5, 0.6) is 0 Å². The van der Waals surface area contributed by atoms with Crippen molar-refractivity contribution < 1.29 is 14.7 Å². The number of hydrogen-bond donors (Lipinski definition) is 3. The lowest BCUT2D eigenvalue weighted by atomic mass is 10.00. The molecule has 3 N–H and O–H groups in total. The van der Waals surface area contributed by atoms with Crippen molar-refractivity contribution in [2.45, 2.75) is 57.9 Å². The van der Waals surface area contributed by atoms with E-state index in [0.29, 0.717) is 19.5 Å². The van der Waals surface area contributed by atoms with E-state index in [-0.39, 0.29) is 6.03 Å². The van der Waals surface area contributed by atoms with E-state index in [1.165, 1.54) is 24.8 Å². The predicted octanol–water partition coefficient (Wildman–Crippen LogP) is 6.30. The van der Waals surface area contributed by atoms with Crippen LogP contribution in [0.4, 0.5) is 10.5 Å². The summed E-state index contributed by atoms with van der Waals surface area (Å²) in [5, 5.41) is 15.9. The van der Waals surface area contributed by atoms with Gasteiger partial charge in [0.05, 0.1) is 0 Å². The van der Waals surface area contributed by atoms with Crippen molar-refractivity contribution >= 4 is 17.7 Å². The third kappa shape index (κ3) is 9.34. The highest BCUT2D eigenvalue weighted by Crippen LogP contribution is 2.25. The van der Waals surface area contributed by atoms with Crippen molar-refractivity contribution in [2.75, 3.05) is 25.0 Å². The van der Waals surface area contributed by atoms with Gasteiger partial charge in [0.2, 0.25) is 0 Å². The molecule has 38 heavy (non-hydrogen) atoms. The molecule has 0 spiro atoms. The number of anilines is 1. The van der Waals surface area contributed by atoms with E-state index >= 15 is 0 Å². The minimum absolute atomic E-state index is 0.104. The third-order valence-electron chi connectivity index (χ3n) is 6.77. The van der Waals surface area contributed by atoms with Crippen molar-refractivity contribution in [3.63, 3.8) is 0 Å². The molecule has 6 nitrogen and oxygen atoms in total. The van der Waals surface area contributed by atoms with Gasteiger partial charge >= 0.3 is 12.0 Å². The molecule has 3 aromatic rings. The van der Waals surface area contributed by atoms with Gasteiger partial charge in [-0.15, -0.1) is 0 Å². The maximum Gasteiger partial charge on any atom is 0.321 e. The van der Waals surface area contributed by atoms with Crippen LogP contribution in [-0.2, 0) is 17.6 Å². The number of amides is 2. The average Bonchev–Trinajstić information content (AvgIpc) is 2.94. The van der Waals surface area contributed by atoms with Gasteiger partial charge in [0.1, 0.15) is 6.04 Å². The number of carboxylic acid groups (broad SMARTS) is 1. The zero-order valence-corrected chi connectivity index (χ0v) is 22.7. The molecule has 0 aliphatic carbocycles. The van der Waals surface area contributed by atoms with E-state index in [1.54, 1.807) is 11.9 Å². The van der Waals surface area contributed by atoms with Crippen molar-refractivity contribution in [1.82, 2.24) is 10.6 Å². The van der Waals surface area contributed by atoms with Crippen molar-refractivity contribution in [1.29, 1.82) is 0 Å². The molecule has 0 bridgehead atoms. The Labute approximate surface area is 227 Å². The minimum Gasteiger partial charge on any atom is -0.480 e. The van der Waals surface area contributed by atoms with E-state index in [1.807, 2.05) is 78.9 Å². The summed E-state index contributed by atoms with van der Waals surface area (Å²) in [6.45, 7) is 3.49. The van der Waals surface area contributed by atoms with Gasteiger partial charge in [-0.2, -0.15) is 0 Å². The fourth-order valence-electron chi connectivity index (χ4n) is 4.41. The molecule has 3 aromatic carbocycles. The van der Waals surface area contributed by atoms with Crippen LogP contribution < -0.4 is 15.5 Å². The molecule has 0 saturated carbocycles. The second-order valence-corrected chi connectivity index (χ2v) is 9.74. The smallest absolute Gasteiger partial charge is 0.321 e. The van der Waals surface area contributed by atoms with Crippen LogP contribution in [0.15, 0.2) is 78.9 Å². The van der Waals surface area contributed by atoms with Crippen molar-refractivity contribution in [3.05, 3.63) is 90.0 Å². The molecule has 0 aliphatic rings. The van der Waals surface area contributed by atoms with Gasteiger partial charge < -0.3 is 15.7 Å². The van der Waals surface area contributed by atoms with Crippen molar-refractivity contribution in [3.8, 4) is 11.1 Å². The zero-order valence-electron chi connectivity index (χ0n) is 22.7. The van der Waals surface area contributed by atoms with E-state index in [4.69, 9.17) is 0 Å². The average molecular weight is 516 g/mol. The molecule has 0 radical (unpaired) electrons. The number of carbonyl (C=O) groups is 2. The lowest BCUT2D eigenvalue weighted by Crippen LogP contribution is -2.39. The fraction of sp³-hybridized carbons (Fsp3) is 0.375. The Morgan fingerprint density at radius 3 is 2.26 bits per heavy atom. The molecule has 0 fully saturated rings. The van der Waals surface area contributed by atoms with Gasteiger partial charge in [-0.1, -0.05) is 99.3 Å². The highest BCUT2D eigenvalue weighted by Gasteiger charge is 2.17. The van der Waals surface area contributed by atoms with E-state index in [9.17, 15) is 14.7 Å². The number of unbranched alkanes of at least 4 members (excludes halogenated alkanes) is 4. The Balaban J connectivity index is 1.54. The highest BCUT2D eigenvalue weighted by atomic mass is 16.4. The molecule has 0 saturated heterocycles. The number of carboxylic acids is 1. The van der Waals surface area contributed by atoms with Gasteiger partial charge in [-0.05, 0) is 60.2 Å². The maximum atomic E-state index is 12.6. The molecule has 1 atom stereocenters. The molecule has 0 heterocycles. The maximum absolute atomic E-state index is 12.6. The molecular formula is C32H41N3O3. The topological polar surface area (TPSA) is 81.7 Å². The molecule has 202 valence electrons. The molecule has 6 heteroatoms. The molecule has 2 amide bonds. The van der Waals surface area contributed by atoms with Gasteiger partial charge in [0.15, 0.2) is 0 Å². The van der Waals surface area contributed by atoms with E-state index in [0.717, 1.165) is 41.6 Å². The predicted molar refractivity (Wildman–Crippen MR) is 156 cm³/mol. The first-order valence-electron chi connectivity index (χ1n) is 13.7. The first kappa shape index (κ1) is 28.9. The number of aliphatic carboxylic acids is 1. The standard InChI is InChI=1S/C32H41N3O3/c1-3-4-5-6-10-21-34-32(38)35(2)29-15-11-14-28(24-29)27-18-16-26(17-19-27)23-30(31(36)37)33-22-20-25-12-8-7-9-13-25/h7-9,11-19,24,30,33H,3-6,10,20-23H2,1-2H3,(H,34,38)(H,36,37).